The van der Waals surface area contributed by atoms with E-state index in [2.05, 4.69) is 16.0 Å². The SMILES string of the molecule is Cc1ccc(NC(=O)NCC2c3ccccc3C(=O)N2C2CCC(=O)NC2=O)cc1N. The third-order valence-electron chi connectivity index (χ3n) is 5.66. The summed E-state index contributed by atoms with van der Waals surface area (Å²) in [6, 6.07) is 10.5. The molecule has 0 spiro atoms. The summed E-state index contributed by atoms with van der Waals surface area (Å²) < 4.78 is 0. The molecule has 2 aliphatic rings. The third-order valence-corrected chi connectivity index (χ3v) is 5.66. The number of imide groups is 1. The summed E-state index contributed by atoms with van der Waals surface area (Å²) in [6.45, 7) is 1.98. The van der Waals surface area contributed by atoms with Crippen molar-refractivity contribution in [2.75, 3.05) is 17.6 Å². The van der Waals surface area contributed by atoms with E-state index in [-0.39, 0.29) is 31.2 Å². The molecule has 9 nitrogen and oxygen atoms in total. The van der Waals surface area contributed by atoms with Crippen molar-refractivity contribution in [3.05, 3.63) is 59.2 Å². The average molecular weight is 421 g/mol. The minimum absolute atomic E-state index is 0.105. The molecule has 0 saturated carbocycles. The van der Waals surface area contributed by atoms with Gasteiger partial charge in [-0.1, -0.05) is 24.3 Å². The smallest absolute Gasteiger partial charge is 0.319 e. The molecule has 0 radical (unpaired) electrons. The Balaban J connectivity index is 1.51. The van der Waals surface area contributed by atoms with Crippen LogP contribution in [0.1, 0.15) is 40.4 Å². The van der Waals surface area contributed by atoms with Gasteiger partial charge in [-0.05, 0) is 42.7 Å². The van der Waals surface area contributed by atoms with Crippen molar-refractivity contribution >= 4 is 35.1 Å². The lowest BCUT2D eigenvalue weighted by Gasteiger charge is -2.34. The quantitative estimate of drug-likeness (QED) is 0.440. The number of hydrogen-bond donors (Lipinski definition) is 4. The van der Waals surface area contributed by atoms with Crippen LogP contribution in [0.4, 0.5) is 16.2 Å². The number of benzene rings is 2. The van der Waals surface area contributed by atoms with Crippen LogP contribution in [0.15, 0.2) is 42.5 Å². The Labute approximate surface area is 179 Å². The Kier molecular flexibility index (Phi) is 5.33. The first kappa shape index (κ1) is 20.4. The summed E-state index contributed by atoms with van der Waals surface area (Å²) in [6.07, 6.45) is 0.405. The lowest BCUT2D eigenvalue weighted by Crippen LogP contribution is -2.54. The van der Waals surface area contributed by atoms with Crippen molar-refractivity contribution < 1.29 is 19.2 Å². The first-order valence-electron chi connectivity index (χ1n) is 10.0. The molecule has 5 amide bonds. The van der Waals surface area contributed by atoms with Gasteiger partial charge in [-0.2, -0.15) is 0 Å². The second-order valence-corrected chi connectivity index (χ2v) is 7.69. The molecular formula is C22H23N5O4. The second kappa shape index (κ2) is 8.10. The minimum atomic E-state index is -0.774. The maximum absolute atomic E-state index is 13.1. The number of nitrogen functional groups attached to an aromatic ring is 1. The zero-order valence-corrected chi connectivity index (χ0v) is 17.0. The standard InChI is InChI=1S/C22H23N5O4/c1-12-6-7-13(10-16(12)23)25-22(31)24-11-18-14-4-2-3-5-15(14)21(30)27(18)17-8-9-19(28)26-20(17)29/h2-7,10,17-18H,8-9,11,23H2,1H3,(H2,24,25,31)(H,26,28,29). The van der Waals surface area contributed by atoms with Gasteiger partial charge in [-0.3, -0.25) is 19.7 Å². The fourth-order valence-electron chi connectivity index (χ4n) is 4.01. The molecule has 9 heteroatoms. The highest BCUT2D eigenvalue weighted by Gasteiger charge is 2.44. The number of piperidine rings is 1. The van der Waals surface area contributed by atoms with Crippen molar-refractivity contribution in [2.24, 2.45) is 0 Å². The summed E-state index contributed by atoms with van der Waals surface area (Å²) in [5.74, 6) is -1.14. The van der Waals surface area contributed by atoms with E-state index in [1.807, 2.05) is 25.1 Å². The number of hydrogen-bond acceptors (Lipinski definition) is 5. The van der Waals surface area contributed by atoms with Gasteiger partial charge < -0.3 is 21.3 Å². The van der Waals surface area contributed by atoms with Crippen molar-refractivity contribution in [1.82, 2.24) is 15.5 Å². The molecular weight excluding hydrogens is 398 g/mol. The van der Waals surface area contributed by atoms with Crippen LogP contribution in [-0.2, 0) is 9.59 Å². The minimum Gasteiger partial charge on any atom is -0.398 e. The van der Waals surface area contributed by atoms with Gasteiger partial charge in [0, 0.05) is 29.9 Å². The van der Waals surface area contributed by atoms with Crippen LogP contribution in [0.5, 0.6) is 0 Å². The highest BCUT2D eigenvalue weighted by atomic mass is 16.2. The molecule has 0 aliphatic carbocycles. The van der Waals surface area contributed by atoms with Gasteiger partial charge >= 0.3 is 6.03 Å². The van der Waals surface area contributed by atoms with Gasteiger partial charge in [-0.25, -0.2) is 4.79 Å². The Morgan fingerprint density at radius 1 is 1.19 bits per heavy atom. The Morgan fingerprint density at radius 3 is 2.71 bits per heavy atom. The molecule has 0 bridgehead atoms. The molecule has 31 heavy (non-hydrogen) atoms. The highest BCUT2D eigenvalue weighted by Crippen LogP contribution is 2.36. The first-order chi connectivity index (χ1) is 14.8. The molecule has 2 unspecified atom stereocenters. The molecule has 2 atom stereocenters. The van der Waals surface area contributed by atoms with Gasteiger partial charge in [0.1, 0.15) is 6.04 Å². The van der Waals surface area contributed by atoms with Crippen molar-refractivity contribution in [3.63, 3.8) is 0 Å². The zero-order chi connectivity index (χ0) is 22.1. The number of carbonyl (C=O) groups is 4. The molecule has 2 aliphatic heterocycles. The Hall–Kier alpha value is -3.88. The molecule has 2 heterocycles. The highest BCUT2D eigenvalue weighted by molar-refractivity contribution is 6.06. The summed E-state index contributed by atoms with van der Waals surface area (Å²) in [4.78, 5) is 51.0. The second-order valence-electron chi connectivity index (χ2n) is 7.69. The molecule has 5 N–H and O–H groups in total. The number of nitrogens with one attached hydrogen (secondary N) is 3. The van der Waals surface area contributed by atoms with Crippen molar-refractivity contribution in [1.29, 1.82) is 0 Å². The van der Waals surface area contributed by atoms with E-state index in [0.717, 1.165) is 11.1 Å². The predicted molar refractivity (Wildman–Crippen MR) is 114 cm³/mol. The summed E-state index contributed by atoms with van der Waals surface area (Å²) in [5, 5.41) is 7.80. The molecule has 2 aromatic carbocycles. The molecule has 1 saturated heterocycles. The number of anilines is 2. The maximum Gasteiger partial charge on any atom is 0.319 e. The molecule has 0 aromatic heterocycles. The van der Waals surface area contributed by atoms with E-state index < -0.39 is 24.0 Å². The summed E-state index contributed by atoms with van der Waals surface area (Å²) in [5.41, 5.74) is 9.13. The molecule has 1 fully saturated rings. The summed E-state index contributed by atoms with van der Waals surface area (Å²) >= 11 is 0. The number of urea groups is 1. The number of aryl methyl sites for hydroxylation is 1. The maximum atomic E-state index is 13.1. The van der Waals surface area contributed by atoms with Crippen LogP contribution in [0.25, 0.3) is 0 Å². The number of rotatable bonds is 4. The molecule has 160 valence electrons. The third kappa shape index (κ3) is 3.94. The normalized spacial score (nSPS) is 20.3. The van der Waals surface area contributed by atoms with Crippen molar-refractivity contribution in [2.45, 2.75) is 31.8 Å². The fraction of sp³-hybridized carbons (Fsp3) is 0.273. The van der Waals surface area contributed by atoms with Crippen LogP contribution in [0, 0.1) is 6.92 Å². The van der Waals surface area contributed by atoms with Gasteiger partial charge in [0.15, 0.2) is 0 Å². The number of fused-ring (bicyclic) bond motifs is 1. The number of carbonyl (C=O) groups excluding carboxylic acids is 4. The Bertz CT molecular complexity index is 1080. The van der Waals surface area contributed by atoms with Crippen molar-refractivity contribution in [3.8, 4) is 0 Å². The zero-order valence-electron chi connectivity index (χ0n) is 17.0. The fourth-order valence-corrected chi connectivity index (χ4v) is 4.01. The molecule has 2 aromatic rings. The predicted octanol–water partition coefficient (Wildman–Crippen LogP) is 1.70. The van der Waals surface area contributed by atoms with Gasteiger partial charge in [0.2, 0.25) is 11.8 Å². The number of nitrogens with zero attached hydrogens (tertiary/aromatic N) is 1. The van der Waals surface area contributed by atoms with Crippen LogP contribution in [-0.4, -0.2) is 41.2 Å². The topological polar surface area (TPSA) is 134 Å². The van der Waals surface area contributed by atoms with E-state index in [1.165, 1.54) is 4.90 Å². The van der Waals surface area contributed by atoms with E-state index in [4.69, 9.17) is 5.73 Å². The summed E-state index contributed by atoms with van der Waals surface area (Å²) in [7, 11) is 0. The largest absolute Gasteiger partial charge is 0.398 e. The first-order valence-corrected chi connectivity index (χ1v) is 10.0. The van der Waals surface area contributed by atoms with Crippen LogP contribution in [0.2, 0.25) is 0 Å². The van der Waals surface area contributed by atoms with E-state index >= 15 is 0 Å². The van der Waals surface area contributed by atoms with Crippen LogP contribution >= 0.6 is 0 Å². The number of nitrogens with two attached hydrogens (primary N) is 1. The average Bonchev–Trinajstić information content (AvgIpc) is 3.01. The van der Waals surface area contributed by atoms with E-state index in [9.17, 15) is 19.2 Å². The lowest BCUT2D eigenvalue weighted by molar-refractivity contribution is -0.137. The van der Waals surface area contributed by atoms with Gasteiger partial charge in [0.25, 0.3) is 5.91 Å². The molecule has 4 rings (SSSR count). The van der Waals surface area contributed by atoms with Crippen LogP contribution < -0.4 is 21.7 Å². The monoisotopic (exact) mass is 421 g/mol. The van der Waals surface area contributed by atoms with Gasteiger partial charge in [0.05, 0.1) is 6.04 Å². The Morgan fingerprint density at radius 2 is 1.97 bits per heavy atom. The van der Waals surface area contributed by atoms with E-state index in [0.29, 0.717) is 16.9 Å². The van der Waals surface area contributed by atoms with Gasteiger partial charge in [-0.15, -0.1) is 0 Å². The number of amides is 5. The van der Waals surface area contributed by atoms with Crippen LogP contribution in [0.3, 0.4) is 0 Å². The van der Waals surface area contributed by atoms with E-state index in [1.54, 1.807) is 24.3 Å². The lowest BCUT2D eigenvalue weighted by atomic mass is 10.0.